The lowest BCUT2D eigenvalue weighted by atomic mass is 10.2. The van der Waals surface area contributed by atoms with E-state index in [1.807, 2.05) is 6.07 Å². The largest absolute Gasteiger partial charge is 0.482 e. The molecule has 1 aromatic heterocycles. The Bertz CT molecular complexity index is 718. The van der Waals surface area contributed by atoms with Crippen molar-refractivity contribution in [1.82, 2.24) is 0 Å². The van der Waals surface area contributed by atoms with Crippen LogP contribution in [0.5, 0.6) is 5.75 Å². The van der Waals surface area contributed by atoms with E-state index in [-0.39, 0.29) is 17.2 Å². The van der Waals surface area contributed by atoms with Gasteiger partial charge >= 0.3 is 5.97 Å². The van der Waals surface area contributed by atoms with Gasteiger partial charge in [0.25, 0.3) is 5.91 Å². The van der Waals surface area contributed by atoms with Crippen molar-refractivity contribution < 1.29 is 19.4 Å². The minimum Gasteiger partial charge on any atom is -0.482 e. The molecule has 0 aliphatic carbocycles. The summed E-state index contributed by atoms with van der Waals surface area (Å²) in [6.45, 7) is -0.310. The van der Waals surface area contributed by atoms with Crippen LogP contribution in [-0.2, 0) is 4.79 Å². The number of nitrogens with zero attached hydrogens (tertiary/aromatic N) is 1. The molecule has 2 N–H and O–H groups in total. The second-order valence-corrected chi connectivity index (χ2v) is 4.83. The Kier molecular flexibility index (Phi) is 4.53. The van der Waals surface area contributed by atoms with Crippen molar-refractivity contribution in [3.05, 3.63) is 46.8 Å². The molecular weight excluding hydrogens is 292 g/mol. The molecule has 0 saturated carbocycles. The van der Waals surface area contributed by atoms with E-state index in [1.54, 1.807) is 29.6 Å². The van der Waals surface area contributed by atoms with E-state index in [2.05, 4.69) is 5.32 Å². The fourth-order valence-corrected chi connectivity index (χ4v) is 2.36. The van der Waals surface area contributed by atoms with Crippen molar-refractivity contribution in [2.75, 3.05) is 11.9 Å². The maximum absolute atomic E-state index is 11.8. The first-order valence-corrected chi connectivity index (χ1v) is 6.72. The summed E-state index contributed by atoms with van der Waals surface area (Å²) in [5.74, 6) is -1.30. The minimum absolute atomic E-state index is 0.0331. The zero-order chi connectivity index (χ0) is 15.2. The number of carboxylic acid groups (broad SMARTS) is 1. The number of benzene rings is 1. The molecule has 0 radical (unpaired) electrons. The van der Waals surface area contributed by atoms with E-state index in [0.29, 0.717) is 11.3 Å². The molecule has 0 unspecified atom stereocenters. The van der Waals surface area contributed by atoms with Gasteiger partial charge in [0.15, 0.2) is 6.61 Å². The highest BCUT2D eigenvalue weighted by Gasteiger charge is 2.14. The van der Waals surface area contributed by atoms with Gasteiger partial charge in [-0.25, -0.2) is 4.79 Å². The molecule has 21 heavy (non-hydrogen) atoms. The summed E-state index contributed by atoms with van der Waals surface area (Å²) in [5, 5.41) is 22.1. The number of anilines is 1. The lowest BCUT2D eigenvalue weighted by Crippen LogP contribution is -2.20. The first kappa shape index (κ1) is 14.6. The summed E-state index contributed by atoms with van der Waals surface area (Å²) >= 11 is 1.11. The van der Waals surface area contributed by atoms with Gasteiger partial charge in [-0.05, 0) is 23.6 Å². The van der Waals surface area contributed by atoms with E-state index >= 15 is 0 Å². The van der Waals surface area contributed by atoms with Crippen molar-refractivity contribution >= 4 is 28.2 Å². The van der Waals surface area contributed by atoms with Crippen LogP contribution < -0.4 is 10.1 Å². The molecule has 106 valence electrons. The van der Waals surface area contributed by atoms with Crippen LogP contribution in [0.1, 0.15) is 15.9 Å². The van der Waals surface area contributed by atoms with Crippen LogP contribution in [-0.4, -0.2) is 23.6 Å². The fraction of sp³-hybridized carbons (Fsp3) is 0.0714. The number of aromatic carboxylic acids is 1. The third-order valence-electron chi connectivity index (χ3n) is 2.51. The summed E-state index contributed by atoms with van der Waals surface area (Å²) in [6, 6.07) is 9.91. The van der Waals surface area contributed by atoms with Crippen molar-refractivity contribution in [1.29, 1.82) is 5.26 Å². The Morgan fingerprint density at radius 1 is 1.33 bits per heavy atom. The van der Waals surface area contributed by atoms with Gasteiger partial charge in [0.05, 0.1) is 11.1 Å². The molecule has 0 saturated heterocycles. The number of amides is 1. The first-order valence-electron chi connectivity index (χ1n) is 5.84. The van der Waals surface area contributed by atoms with Gasteiger partial charge in [0, 0.05) is 0 Å². The number of thiophene rings is 1. The lowest BCUT2D eigenvalue weighted by molar-refractivity contribution is -0.118. The fourth-order valence-electron chi connectivity index (χ4n) is 1.57. The normalized spacial score (nSPS) is 9.67. The second-order valence-electron chi connectivity index (χ2n) is 3.91. The highest BCUT2D eigenvalue weighted by atomic mass is 32.1. The van der Waals surface area contributed by atoms with Crippen LogP contribution in [0.25, 0.3) is 0 Å². The monoisotopic (exact) mass is 302 g/mol. The Labute approximate surface area is 124 Å². The van der Waals surface area contributed by atoms with Gasteiger partial charge in [-0.1, -0.05) is 12.1 Å². The number of carboxylic acids is 1. The maximum atomic E-state index is 11.8. The third-order valence-corrected chi connectivity index (χ3v) is 3.34. The van der Waals surface area contributed by atoms with E-state index in [1.165, 1.54) is 6.07 Å². The Balaban J connectivity index is 1.98. The molecule has 2 aromatic rings. The van der Waals surface area contributed by atoms with Gasteiger partial charge in [-0.2, -0.15) is 5.26 Å². The van der Waals surface area contributed by atoms with Crippen LogP contribution >= 0.6 is 11.3 Å². The SMILES string of the molecule is N#Cc1ccccc1OCC(=O)Nc1sccc1C(=O)O. The summed E-state index contributed by atoms with van der Waals surface area (Å²) in [4.78, 5) is 22.7. The summed E-state index contributed by atoms with van der Waals surface area (Å²) in [5.41, 5.74) is 0.360. The Morgan fingerprint density at radius 3 is 2.81 bits per heavy atom. The first-order chi connectivity index (χ1) is 10.1. The lowest BCUT2D eigenvalue weighted by Gasteiger charge is -2.08. The number of carbonyl (C=O) groups excluding carboxylic acids is 1. The van der Waals surface area contributed by atoms with E-state index < -0.39 is 11.9 Å². The number of nitrogens with one attached hydrogen (secondary N) is 1. The highest BCUT2D eigenvalue weighted by Crippen LogP contribution is 2.23. The number of hydrogen-bond donors (Lipinski definition) is 2. The predicted molar refractivity (Wildman–Crippen MR) is 76.6 cm³/mol. The molecule has 7 heteroatoms. The number of ether oxygens (including phenoxy) is 1. The van der Waals surface area contributed by atoms with Crippen LogP contribution in [0.2, 0.25) is 0 Å². The molecule has 0 aliphatic heterocycles. The zero-order valence-corrected chi connectivity index (χ0v) is 11.5. The molecule has 0 aliphatic rings. The van der Waals surface area contributed by atoms with Gasteiger partial charge in [0.1, 0.15) is 16.8 Å². The Hall–Kier alpha value is -2.85. The number of rotatable bonds is 5. The summed E-state index contributed by atoms with van der Waals surface area (Å²) < 4.78 is 5.26. The standard InChI is InChI=1S/C14H10N2O4S/c15-7-9-3-1-2-4-11(9)20-8-12(17)16-13-10(14(18)19)5-6-21-13/h1-6H,8H2,(H,16,17)(H,18,19). The number of nitriles is 1. The number of hydrogen-bond acceptors (Lipinski definition) is 5. The van der Waals surface area contributed by atoms with Crippen LogP contribution in [0.4, 0.5) is 5.00 Å². The molecule has 6 nitrogen and oxygen atoms in total. The topological polar surface area (TPSA) is 99.4 Å². The molecule has 1 heterocycles. The van der Waals surface area contributed by atoms with Crippen molar-refractivity contribution in [2.24, 2.45) is 0 Å². The average Bonchev–Trinajstić information content (AvgIpc) is 2.93. The minimum atomic E-state index is -1.11. The van der Waals surface area contributed by atoms with Gasteiger partial charge in [-0.15, -0.1) is 11.3 Å². The van der Waals surface area contributed by atoms with E-state index in [9.17, 15) is 9.59 Å². The molecular formula is C14H10N2O4S. The van der Waals surface area contributed by atoms with E-state index in [0.717, 1.165) is 11.3 Å². The van der Waals surface area contributed by atoms with Crippen molar-refractivity contribution in [2.45, 2.75) is 0 Å². The number of para-hydroxylation sites is 1. The molecule has 0 bridgehead atoms. The molecule has 0 spiro atoms. The Morgan fingerprint density at radius 2 is 2.10 bits per heavy atom. The van der Waals surface area contributed by atoms with Crippen molar-refractivity contribution in [3.63, 3.8) is 0 Å². The molecule has 1 aromatic carbocycles. The second kappa shape index (κ2) is 6.54. The van der Waals surface area contributed by atoms with Gasteiger partial charge in [0.2, 0.25) is 0 Å². The summed E-state index contributed by atoms with van der Waals surface area (Å²) in [6.07, 6.45) is 0. The van der Waals surface area contributed by atoms with Crippen LogP contribution in [0, 0.1) is 11.3 Å². The quantitative estimate of drug-likeness (QED) is 0.883. The molecule has 0 atom stereocenters. The average molecular weight is 302 g/mol. The van der Waals surface area contributed by atoms with E-state index in [4.69, 9.17) is 15.1 Å². The van der Waals surface area contributed by atoms with Crippen molar-refractivity contribution in [3.8, 4) is 11.8 Å². The third kappa shape index (κ3) is 3.58. The molecule has 1 amide bonds. The number of carbonyl (C=O) groups is 2. The predicted octanol–water partition coefficient (Wildman–Crippen LogP) is 2.34. The molecule has 2 rings (SSSR count). The summed E-state index contributed by atoms with van der Waals surface area (Å²) in [7, 11) is 0. The smallest absolute Gasteiger partial charge is 0.338 e. The molecule has 0 fully saturated rings. The van der Waals surface area contributed by atoms with Crippen LogP contribution in [0.3, 0.4) is 0 Å². The zero-order valence-electron chi connectivity index (χ0n) is 10.7. The van der Waals surface area contributed by atoms with Crippen LogP contribution in [0.15, 0.2) is 35.7 Å². The van der Waals surface area contributed by atoms with Gasteiger partial charge in [-0.3, -0.25) is 4.79 Å². The highest BCUT2D eigenvalue weighted by molar-refractivity contribution is 7.14. The van der Waals surface area contributed by atoms with Gasteiger partial charge < -0.3 is 15.2 Å². The maximum Gasteiger partial charge on any atom is 0.338 e.